The van der Waals surface area contributed by atoms with Crippen LogP contribution >= 0.6 is 0 Å². The van der Waals surface area contributed by atoms with Crippen molar-refractivity contribution < 1.29 is 43.4 Å². The van der Waals surface area contributed by atoms with Crippen LogP contribution in [0.5, 0.6) is 0 Å². The maximum atomic E-state index is 12.5. The number of carbonyl (C=O) groups is 5. The zero-order chi connectivity index (χ0) is 32.7. The molecule has 4 aliphatic carbocycles. The second kappa shape index (κ2) is 13.0. The van der Waals surface area contributed by atoms with Gasteiger partial charge in [0.25, 0.3) is 11.8 Å². The summed E-state index contributed by atoms with van der Waals surface area (Å²) in [5, 5.41) is 15.9. The molecule has 4 saturated carbocycles. The maximum absolute atomic E-state index is 12.5. The minimum absolute atomic E-state index is 0.0337. The number of nitrogens with one attached hydrogen (secondary N) is 1. The number of imide groups is 1. The fraction of sp³-hybridized carbons (Fsp3) is 0.800. The van der Waals surface area contributed by atoms with Crippen molar-refractivity contribution in [1.82, 2.24) is 10.4 Å². The van der Waals surface area contributed by atoms with Gasteiger partial charge in [0.2, 0.25) is 5.91 Å². The van der Waals surface area contributed by atoms with E-state index in [0.29, 0.717) is 49.3 Å². The highest BCUT2D eigenvalue weighted by molar-refractivity contribution is 6.01. The lowest BCUT2D eigenvalue weighted by atomic mass is 9.43. The molecule has 2 N–H and O–H groups in total. The normalized spacial score (nSPS) is 38.5. The summed E-state index contributed by atoms with van der Waals surface area (Å²) < 4.78 is 11.4. The first-order chi connectivity index (χ1) is 21.9. The molecule has 11 heteroatoms. The van der Waals surface area contributed by atoms with Gasteiger partial charge in [0.15, 0.2) is 0 Å². The Kier molecular flexibility index (Phi) is 9.37. The van der Waals surface area contributed by atoms with E-state index >= 15 is 0 Å². The highest BCUT2D eigenvalue weighted by Gasteiger charge is 2.67. The van der Waals surface area contributed by atoms with Crippen molar-refractivity contribution in [2.24, 2.45) is 34.5 Å². The summed E-state index contributed by atoms with van der Waals surface area (Å²) >= 11 is 0. The summed E-state index contributed by atoms with van der Waals surface area (Å²) in [6.07, 6.45) is 12.7. The summed E-state index contributed by atoms with van der Waals surface area (Å²) in [5.74, 6) is -0.515. The van der Waals surface area contributed by atoms with Crippen molar-refractivity contribution >= 4 is 29.7 Å². The van der Waals surface area contributed by atoms with Crippen LogP contribution in [0, 0.1) is 34.5 Å². The Morgan fingerprint density at radius 1 is 0.978 bits per heavy atom. The smallest absolute Gasteiger partial charge is 0.333 e. The van der Waals surface area contributed by atoms with Gasteiger partial charge in [0.05, 0.1) is 11.7 Å². The van der Waals surface area contributed by atoms with Gasteiger partial charge in [-0.1, -0.05) is 20.3 Å². The van der Waals surface area contributed by atoms with Crippen molar-refractivity contribution in [3.63, 3.8) is 0 Å². The van der Waals surface area contributed by atoms with Crippen LogP contribution in [-0.2, 0) is 38.3 Å². The summed E-state index contributed by atoms with van der Waals surface area (Å²) in [5.41, 5.74) is 0.271. The first-order valence-electron chi connectivity index (χ1n) is 17.5. The van der Waals surface area contributed by atoms with Gasteiger partial charge in [-0.2, -0.15) is 0 Å². The molecule has 0 aromatic rings. The Hall–Kier alpha value is -2.79. The van der Waals surface area contributed by atoms with Gasteiger partial charge in [-0.15, -0.1) is 5.06 Å². The maximum Gasteiger partial charge on any atom is 0.333 e. The number of rotatable bonds is 11. The average Bonchev–Trinajstić information content (AvgIpc) is 3.68. The molecule has 254 valence electrons. The quantitative estimate of drug-likeness (QED) is 0.194. The zero-order valence-corrected chi connectivity index (χ0v) is 27.4. The second-order valence-electron chi connectivity index (χ2n) is 15.2. The van der Waals surface area contributed by atoms with Crippen LogP contribution in [0.25, 0.3) is 0 Å². The van der Waals surface area contributed by atoms with E-state index in [4.69, 9.17) is 14.3 Å². The van der Waals surface area contributed by atoms with E-state index in [9.17, 15) is 29.1 Å². The number of aliphatic hydroxyl groups is 1. The van der Waals surface area contributed by atoms with Crippen molar-refractivity contribution in [2.45, 2.75) is 122 Å². The summed E-state index contributed by atoms with van der Waals surface area (Å²) in [4.78, 5) is 64.2. The van der Waals surface area contributed by atoms with E-state index in [0.717, 1.165) is 63.4 Å². The van der Waals surface area contributed by atoms with Crippen molar-refractivity contribution in [3.05, 3.63) is 11.6 Å². The van der Waals surface area contributed by atoms with E-state index in [-0.39, 0.29) is 66.5 Å². The molecular formula is C35H50N2O9. The Morgan fingerprint density at radius 3 is 2.50 bits per heavy atom. The molecule has 0 bridgehead atoms. The molecule has 0 spiro atoms. The van der Waals surface area contributed by atoms with Gasteiger partial charge in [0, 0.05) is 37.3 Å². The lowest BCUT2D eigenvalue weighted by molar-refractivity contribution is -0.209. The number of hydrogen-bond donors (Lipinski definition) is 2. The number of hydrogen-bond acceptors (Lipinski definition) is 9. The van der Waals surface area contributed by atoms with Crippen LogP contribution in [0.1, 0.15) is 110 Å². The molecule has 5 fully saturated rings. The van der Waals surface area contributed by atoms with E-state index in [1.165, 1.54) is 0 Å². The van der Waals surface area contributed by atoms with Crippen LogP contribution in [0.4, 0.5) is 0 Å². The van der Waals surface area contributed by atoms with Crippen LogP contribution in [-0.4, -0.2) is 71.3 Å². The molecule has 0 aromatic carbocycles. The van der Waals surface area contributed by atoms with Gasteiger partial charge in [-0.3, -0.25) is 14.4 Å². The molecule has 0 aromatic heterocycles. The number of fused-ring (bicyclic) bond motifs is 5. The first kappa shape index (κ1) is 33.1. The first-order valence-corrected chi connectivity index (χ1v) is 17.5. The lowest BCUT2D eigenvalue weighted by Crippen LogP contribution is -2.62. The third-order valence-electron chi connectivity index (χ3n) is 13.0. The summed E-state index contributed by atoms with van der Waals surface area (Å²) in [6.45, 7) is 5.58. The Morgan fingerprint density at radius 2 is 1.76 bits per heavy atom. The van der Waals surface area contributed by atoms with Gasteiger partial charge in [0.1, 0.15) is 13.2 Å². The summed E-state index contributed by atoms with van der Waals surface area (Å²) in [7, 11) is 0. The molecule has 11 nitrogen and oxygen atoms in total. The molecule has 2 aliphatic heterocycles. The molecule has 8 atom stereocenters. The van der Waals surface area contributed by atoms with Crippen LogP contribution < -0.4 is 5.32 Å². The van der Waals surface area contributed by atoms with Crippen molar-refractivity contribution in [2.75, 3.05) is 19.8 Å². The number of amides is 3. The van der Waals surface area contributed by atoms with E-state index in [1.807, 2.05) is 0 Å². The topological polar surface area (TPSA) is 149 Å². The van der Waals surface area contributed by atoms with Gasteiger partial charge in [-0.25, -0.2) is 9.59 Å². The molecule has 46 heavy (non-hydrogen) atoms. The number of carbonyl (C=O) groups excluding carboxylic acids is 5. The average molecular weight is 643 g/mol. The molecular weight excluding hydrogens is 592 g/mol. The van der Waals surface area contributed by atoms with Gasteiger partial charge < -0.3 is 24.7 Å². The predicted octanol–water partition coefficient (Wildman–Crippen LogP) is 3.91. The number of unbranched alkanes of at least 4 members (excludes halogenated alkanes) is 2. The molecule has 2 heterocycles. The fourth-order valence-corrected chi connectivity index (χ4v) is 10.4. The number of ether oxygens (including phenoxy) is 2. The van der Waals surface area contributed by atoms with Crippen LogP contribution in [0.3, 0.4) is 0 Å². The fourth-order valence-electron chi connectivity index (χ4n) is 10.4. The SMILES string of the molecule is C[C@]12CC[C@H](OCC(=O)NCCCCCC(=O)ON3C(=O)CCC3=O)C[C@H]1CC[C@@H]1[C@H]2CC[C@]2(C)[C@@H](C3=CC(=O)OC3)CC[C@]12O. The van der Waals surface area contributed by atoms with Crippen molar-refractivity contribution in [3.8, 4) is 0 Å². The van der Waals surface area contributed by atoms with Gasteiger partial charge in [-0.05, 0) is 105 Å². The van der Waals surface area contributed by atoms with Crippen molar-refractivity contribution in [1.29, 1.82) is 0 Å². The molecule has 0 radical (unpaired) electrons. The monoisotopic (exact) mass is 642 g/mol. The summed E-state index contributed by atoms with van der Waals surface area (Å²) in [6, 6.07) is 0. The Bertz CT molecular complexity index is 1270. The second-order valence-corrected chi connectivity index (χ2v) is 15.2. The van der Waals surface area contributed by atoms with E-state index < -0.39 is 23.4 Å². The minimum Gasteiger partial charge on any atom is -0.458 e. The largest absolute Gasteiger partial charge is 0.458 e. The molecule has 0 unspecified atom stereocenters. The lowest BCUT2D eigenvalue weighted by Gasteiger charge is -2.63. The number of hydroxylamine groups is 2. The van der Waals surface area contributed by atoms with E-state index in [2.05, 4.69) is 19.2 Å². The predicted molar refractivity (Wildman–Crippen MR) is 164 cm³/mol. The molecule has 3 amide bonds. The highest BCUT2D eigenvalue weighted by atomic mass is 16.7. The highest BCUT2D eigenvalue weighted by Crippen LogP contribution is 2.70. The number of cyclic esters (lactones) is 1. The zero-order valence-electron chi connectivity index (χ0n) is 27.4. The molecule has 6 rings (SSSR count). The standard InChI is InChI=1S/C35H50N2O9/c1-33-14-11-24(44-21-28(38)36-17-5-3-4-6-31(41)46-37-29(39)9-10-30(37)40)19-23(33)7-8-27-26(33)12-15-34(2)25(13-16-35(27,34)43)22-18-32(42)45-20-22/h18,23-27,43H,3-17,19-21H2,1-2H3,(H,36,38)/t23-,24+,25-,26-,27-,33+,34-,35+/m1/s1. The molecule has 1 saturated heterocycles. The minimum atomic E-state index is -0.718. The third-order valence-corrected chi connectivity index (χ3v) is 13.0. The van der Waals surface area contributed by atoms with Crippen LogP contribution in [0.2, 0.25) is 0 Å². The Labute approximate surface area is 271 Å². The van der Waals surface area contributed by atoms with Crippen LogP contribution in [0.15, 0.2) is 11.6 Å². The number of nitrogens with zero attached hydrogens (tertiary/aromatic N) is 1. The third kappa shape index (κ3) is 6.02. The molecule has 6 aliphatic rings. The van der Waals surface area contributed by atoms with Gasteiger partial charge >= 0.3 is 11.9 Å². The Balaban J connectivity index is 0.909. The number of esters is 1. The van der Waals surface area contributed by atoms with E-state index in [1.54, 1.807) is 6.08 Å².